The molecule has 2 aromatic heterocycles. The summed E-state index contributed by atoms with van der Waals surface area (Å²) in [6.07, 6.45) is 2.62. The number of hydrogen-bond acceptors (Lipinski definition) is 7. The lowest BCUT2D eigenvalue weighted by Crippen LogP contribution is -2.59. The third-order valence-electron chi connectivity index (χ3n) is 10.6. The zero-order chi connectivity index (χ0) is 36.0. The van der Waals surface area contributed by atoms with E-state index in [4.69, 9.17) is 9.72 Å². The number of thiophene rings is 1. The molecule has 52 heavy (non-hydrogen) atoms. The molecule has 0 saturated carbocycles. The minimum Gasteiger partial charge on any atom is -0.381 e. The third kappa shape index (κ3) is 6.41. The van der Waals surface area contributed by atoms with Gasteiger partial charge in [0.05, 0.1) is 16.1 Å². The summed E-state index contributed by atoms with van der Waals surface area (Å²) in [6.45, 7) is 7.47. The number of aryl methyl sites for hydroxylation is 2. The summed E-state index contributed by atoms with van der Waals surface area (Å²) >= 11 is 1.40. The molecule has 0 bridgehead atoms. The molecule has 0 aliphatic carbocycles. The molecule has 1 N–H and O–H groups in total. The fourth-order valence-corrected chi connectivity index (χ4v) is 8.81. The van der Waals surface area contributed by atoms with Crippen molar-refractivity contribution in [2.45, 2.75) is 39.5 Å². The van der Waals surface area contributed by atoms with Crippen LogP contribution in [0.3, 0.4) is 0 Å². The predicted molar refractivity (Wildman–Crippen MR) is 202 cm³/mol. The van der Waals surface area contributed by atoms with Gasteiger partial charge in [-0.05, 0) is 104 Å². The van der Waals surface area contributed by atoms with Crippen LogP contribution in [0, 0.1) is 25.1 Å². The lowest BCUT2D eigenvalue weighted by Gasteiger charge is -2.53. The fraction of sp³-hybridized carbons (Fsp3) is 0.286. The van der Waals surface area contributed by atoms with Crippen molar-refractivity contribution >= 4 is 46.1 Å². The van der Waals surface area contributed by atoms with Crippen molar-refractivity contribution in [3.05, 3.63) is 129 Å². The van der Waals surface area contributed by atoms with Crippen molar-refractivity contribution in [2.24, 2.45) is 5.41 Å². The van der Waals surface area contributed by atoms with E-state index in [1.165, 1.54) is 17.4 Å². The zero-order valence-corrected chi connectivity index (χ0v) is 30.0. The molecule has 10 heteroatoms. The third-order valence-corrected chi connectivity index (χ3v) is 11.9. The number of carbonyl (C=O) groups is 3. The summed E-state index contributed by atoms with van der Waals surface area (Å²) in [5.41, 5.74) is 6.51. The highest BCUT2D eigenvalue weighted by atomic mass is 32.1. The van der Waals surface area contributed by atoms with Gasteiger partial charge in [-0.1, -0.05) is 30.3 Å². The van der Waals surface area contributed by atoms with Gasteiger partial charge < -0.3 is 19.9 Å². The molecular formula is C42H39FN4O4S. The maximum absolute atomic E-state index is 14.5. The number of pyridine rings is 1. The van der Waals surface area contributed by atoms with Crippen molar-refractivity contribution in [1.29, 1.82) is 0 Å². The van der Waals surface area contributed by atoms with Crippen molar-refractivity contribution in [3.8, 4) is 10.4 Å². The molecule has 3 aromatic carbocycles. The van der Waals surface area contributed by atoms with Gasteiger partial charge >= 0.3 is 0 Å². The largest absolute Gasteiger partial charge is 0.381 e. The van der Waals surface area contributed by atoms with E-state index < -0.39 is 0 Å². The fourth-order valence-electron chi connectivity index (χ4n) is 7.63. The molecule has 3 aliphatic heterocycles. The van der Waals surface area contributed by atoms with Gasteiger partial charge in [0.2, 0.25) is 0 Å². The number of benzene rings is 3. The van der Waals surface area contributed by atoms with E-state index in [-0.39, 0.29) is 35.3 Å². The Morgan fingerprint density at radius 1 is 0.942 bits per heavy atom. The Morgan fingerprint density at radius 3 is 2.48 bits per heavy atom. The van der Waals surface area contributed by atoms with Gasteiger partial charge in [0.15, 0.2) is 5.78 Å². The van der Waals surface area contributed by atoms with Crippen LogP contribution in [-0.4, -0.2) is 55.4 Å². The Morgan fingerprint density at radius 2 is 1.71 bits per heavy atom. The number of ketones is 1. The van der Waals surface area contributed by atoms with Gasteiger partial charge in [0.1, 0.15) is 11.6 Å². The second-order valence-corrected chi connectivity index (χ2v) is 15.2. The molecule has 1 spiro atoms. The molecule has 8 nitrogen and oxygen atoms in total. The first-order valence-electron chi connectivity index (χ1n) is 17.7. The molecule has 0 unspecified atom stereocenters. The molecular weight excluding hydrogens is 676 g/mol. The number of fused-ring (bicyclic) bond motifs is 3. The Hall–Kier alpha value is -5.19. The Kier molecular flexibility index (Phi) is 8.97. The van der Waals surface area contributed by atoms with Crippen LogP contribution in [0.2, 0.25) is 0 Å². The van der Waals surface area contributed by atoms with E-state index in [9.17, 15) is 18.8 Å². The van der Waals surface area contributed by atoms with E-state index in [0.717, 1.165) is 72.1 Å². The maximum Gasteiger partial charge on any atom is 0.259 e. The molecule has 2 amide bonds. The lowest BCUT2D eigenvalue weighted by atomic mass is 9.73. The first-order valence-corrected chi connectivity index (χ1v) is 18.5. The number of Topliss-reactive ketones (excluding diaryl/α,β-unsaturated/α-hetero) is 1. The number of rotatable bonds is 7. The highest BCUT2D eigenvalue weighted by molar-refractivity contribution is 7.17. The second-order valence-electron chi connectivity index (χ2n) is 14.1. The highest BCUT2D eigenvalue weighted by Crippen LogP contribution is 2.44. The molecule has 8 rings (SSSR count). The smallest absolute Gasteiger partial charge is 0.259 e. The van der Waals surface area contributed by atoms with Crippen LogP contribution in [-0.2, 0) is 17.6 Å². The number of para-hydroxylation sites is 1. The average molecular weight is 715 g/mol. The number of nitrogens with one attached hydrogen (secondary N) is 1. The molecule has 0 atom stereocenters. The summed E-state index contributed by atoms with van der Waals surface area (Å²) < 4.78 is 20.1. The molecule has 264 valence electrons. The van der Waals surface area contributed by atoms with E-state index >= 15 is 0 Å². The zero-order valence-electron chi connectivity index (χ0n) is 29.2. The number of carbonyl (C=O) groups excluding carboxylic acids is 3. The normalized spacial score (nSPS) is 16.1. The maximum atomic E-state index is 14.5. The quantitative estimate of drug-likeness (QED) is 0.172. The van der Waals surface area contributed by atoms with E-state index in [1.807, 2.05) is 62.4 Å². The summed E-state index contributed by atoms with van der Waals surface area (Å²) in [7, 11) is 0. The topological polar surface area (TPSA) is 91.8 Å². The number of anilines is 3. The van der Waals surface area contributed by atoms with Gasteiger partial charge in [-0.2, -0.15) is 0 Å². The standard InChI is InChI=1S/C42H39FN4O4S/c1-26-6-5-8-34(43)33(26)23-36(48)37-22-29-16-19-47(35-9-4-3-7-31(35)38(29)52-37)41(50)28-11-13-30(14-12-28)45-40(49)32-15-10-27(2)44-39(32)46-24-42(25-46)17-20-51-21-18-42/h3-15,22H,16-21,23-25H2,1-2H3,(H,45,49). The number of hydrogen-bond donors (Lipinski definition) is 1. The number of ether oxygens (including phenoxy) is 1. The summed E-state index contributed by atoms with van der Waals surface area (Å²) in [6, 6.07) is 25.2. The molecule has 0 radical (unpaired) electrons. The SMILES string of the molecule is Cc1ccc(C(=O)Nc2ccc(C(=O)N3CCc4cc(C(=O)Cc5c(C)cccc5F)sc4-c4ccccc43)cc2)c(N2CC3(CCOCC3)C2)n1. The second kappa shape index (κ2) is 13.7. The minimum atomic E-state index is -0.370. The molecule has 2 fully saturated rings. The van der Waals surface area contributed by atoms with E-state index in [2.05, 4.69) is 10.2 Å². The van der Waals surface area contributed by atoms with Gasteiger partial charge in [-0.3, -0.25) is 14.4 Å². The van der Waals surface area contributed by atoms with E-state index in [1.54, 1.807) is 35.2 Å². The Labute approximate surface area is 306 Å². The van der Waals surface area contributed by atoms with Crippen molar-refractivity contribution in [1.82, 2.24) is 4.98 Å². The minimum absolute atomic E-state index is 0.00105. The number of halogens is 1. The summed E-state index contributed by atoms with van der Waals surface area (Å²) in [5.74, 6) is -0.195. The molecule has 5 heterocycles. The van der Waals surface area contributed by atoms with Gasteiger partial charge in [-0.15, -0.1) is 11.3 Å². The van der Waals surface area contributed by atoms with Crippen molar-refractivity contribution in [2.75, 3.05) is 48.0 Å². The first-order chi connectivity index (χ1) is 25.2. The monoisotopic (exact) mass is 714 g/mol. The van der Waals surface area contributed by atoms with Crippen LogP contribution >= 0.6 is 11.3 Å². The highest BCUT2D eigenvalue weighted by Gasteiger charge is 2.45. The Bertz CT molecular complexity index is 2180. The summed E-state index contributed by atoms with van der Waals surface area (Å²) in [5, 5.41) is 3.01. The predicted octanol–water partition coefficient (Wildman–Crippen LogP) is 8.06. The van der Waals surface area contributed by atoms with Gasteiger partial charge in [0, 0.05) is 72.1 Å². The van der Waals surface area contributed by atoms with Crippen molar-refractivity contribution in [3.63, 3.8) is 0 Å². The average Bonchev–Trinajstić information content (AvgIpc) is 3.50. The summed E-state index contributed by atoms with van der Waals surface area (Å²) in [4.78, 5) is 51.2. The molecule has 5 aromatic rings. The molecule has 3 aliphatic rings. The van der Waals surface area contributed by atoms with Crippen LogP contribution in [0.4, 0.5) is 21.6 Å². The van der Waals surface area contributed by atoms with Gasteiger partial charge in [0.25, 0.3) is 11.8 Å². The van der Waals surface area contributed by atoms with Crippen LogP contribution in [0.5, 0.6) is 0 Å². The van der Waals surface area contributed by atoms with Crippen molar-refractivity contribution < 1.29 is 23.5 Å². The number of amides is 2. The lowest BCUT2D eigenvalue weighted by molar-refractivity contribution is -0.000519. The van der Waals surface area contributed by atoms with Crippen LogP contribution in [0.25, 0.3) is 10.4 Å². The molecule has 2 saturated heterocycles. The van der Waals surface area contributed by atoms with Crippen LogP contribution in [0.15, 0.2) is 84.9 Å². The van der Waals surface area contributed by atoms with Gasteiger partial charge in [-0.25, -0.2) is 9.37 Å². The number of aromatic nitrogens is 1. The number of nitrogens with zero attached hydrogens (tertiary/aromatic N) is 3. The first kappa shape index (κ1) is 33.9. The Balaban J connectivity index is 0.974. The van der Waals surface area contributed by atoms with Crippen LogP contribution < -0.4 is 15.1 Å². The van der Waals surface area contributed by atoms with Crippen LogP contribution in [0.1, 0.15) is 65.6 Å². The van der Waals surface area contributed by atoms with E-state index in [0.29, 0.717) is 46.0 Å².